The number of carbonyl (C=O) groups excluding carboxylic acids is 1. The Morgan fingerprint density at radius 1 is 0.833 bits per heavy atom. The zero-order valence-electron chi connectivity index (χ0n) is 13.4. The molecule has 24 heavy (non-hydrogen) atoms. The molecule has 0 heterocycles. The molecule has 3 heteroatoms. The van der Waals surface area contributed by atoms with Crippen LogP contribution in [0.5, 0.6) is 5.75 Å². The van der Waals surface area contributed by atoms with Crippen LogP contribution in [0.2, 0.25) is 0 Å². The minimum atomic E-state index is -0.368. The van der Waals surface area contributed by atoms with Gasteiger partial charge in [-0.05, 0) is 34.9 Å². The van der Waals surface area contributed by atoms with Crippen LogP contribution >= 0.6 is 0 Å². The highest BCUT2D eigenvalue weighted by Crippen LogP contribution is 2.20. The molecule has 0 saturated heterocycles. The van der Waals surface area contributed by atoms with E-state index in [-0.39, 0.29) is 5.97 Å². The summed E-state index contributed by atoms with van der Waals surface area (Å²) in [6.07, 6.45) is 0. The van der Waals surface area contributed by atoms with Crippen molar-refractivity contribution in [2.24, 2.45) is 0 Å². The van der Waals surface area contributed by atoms with Gasteiger partial charge < -0.3 is 9.47 Å². The quantitative estimate of drug-likeness (QED) is 0.639. The van der Waals surface area contributed by atoms with Crippen molar-refractivity contribution in [3.63, 3.8) is 0 Å². The summed E-state index contributed by atoms with van der Waals surface area (Å²) in [4.78, 5) is 11.5. The van der Waals surface area contributed by atoms with Crippen LogP contribution in [0.25, 0.3) is 11.1 Å². The van der Waals surface area contributed by atoms with Crippen LogP contribution in [-0.2, 0) is 11.3 Å². The van der Waals surface area contributed by atoms with Gasteiger partial charge in [0, 0.05) is 0 Å². The Bertz CT molecular complexity index is 808. The number of esters is 1. The van der Waals surface area contributed by atoms with Crippen molar-refractivity contribution in [2.45, 2.75) is 6.61 Å². The minimum Gasteiger partial charge on any atom is -0.489 e. The standard InChI is InChI=1S/C21H18O3/c1-23-21(22)19-8-5-9-20(14-19)24-15-16-10-12-18(13-11-16)17-6-3-2-4-7-17/h2-14H,15H2,1H3. The average molecular weight is 318 g/mol. The third-order valence-corrected chi connectivity index (χ3v) is 3.72. The maximum Gasteiger partial charge on any atom is 0.337 e. The molecule has 120 valence electrons. The van der Waals surface area contributed by atoms with Gasteiger partial charge in [-0.25, -0.2) is 4.79 Å². The SMILES string of the molecule is COC(=O)c1cccc(OCc2ccc(-c3ccccc3)cc2)c1. The number of carbonyl (C=O) groups is 1. The van der Waals surface area contributed by atoms with Gasteiger partial charge in [0.05, 0.1) is 12.7 Å². The monoisotopic (exact) mass is 318 g/mol. The fourth-order valence-corrected chi connectivity index (χ4v) is 2.42. The second-order valence-electron chi connectivity index (χ2n) is 5.37. The van der Waals surface area contributed by atoms with Gasteiger partial charge in [-0.1, -0.05) is 60.7 Å². The van der Waals surface area contributed by atoms with E-state index in [2.05, 4.69) is 24.3 Å². The normalized spacial score (nSPS) is 10.2. The zero-order valence-corrected chi connectivity index (χ0v) is 13.4. The second kappa shape index (κ2) is 7.47. The lowest BCUT2D eigenvalue weighted by atomic mass is 10.0. The smallest absolute Gasteiger partial charge is 0.337 e. The number of benzene rings is 3. The van der Waals surface area contributed by atoms with Crippen LogP contribution in [0.1, 0.15) is 15.9 Å². The first-order valence-corrected chi connectivity index (χ1v) is 7.72. The molecule has 0 aromatic heterocycles. The van der Waals surface area contributed by atoms with Crippen molar-refractivity contribution in [3.05, 3.63) is 90.0 Å². The Morgan fingerprint density at radius 2 is 1.54 bits per heavy atom. The molecule has 0 unspecified atom stereocenters. The van der Waals surface area contributed by atoms with Crippen LogP contribution in [-0.4, -0.2) is 13.1 Å². The lowest BCUT2D eigenvalue weighted by Gasteiger charge is -2.08. The molecule has 3 aromatic carbocycles. The molecule has 0 radical (unpaired) electrons. The fourth-order valence-electron chi connectivity index (χ4n) is 2.42. The Kier molecular flexibility index (Phi) is 4.92. The highest BCUT2D eigenvalue weighted by Gasteiger charge is 2.06. The molecule has 0 aliphatic rings. The van der Waals surface area contributed by atoms with Gasteiger partial charge >= 0.3 is 5.97 Å². The largest absolute Gasteiger partial charge is 0.489 e. The van der Waals surface area contributed by atoms with Crippen molar-refractivity contribution in [3.8, 4) is 16.9 Å². The molecule has 0 bridgehead atoms. The Labute approximate surface area is 141 Å². The average Bonchev–Trinajstić information content (AvgIpc) is 2.67. The van der Waals surface area contributed by atoms with Gasteiger partial charge in [0.2, 0.25) is 0 Å². The molecule has 0 amide bonds. The van der Waals surface area contributed by atoms with Crippen molar-refractivity contribution in [1.29, 1.82) is 0 Å². The number of methoxy groups -OCH3 is 1. The van der Waals surface area contributed by atoms with Crippen molar-refractivity contribution in [2.75, 3.05) is 7.11 Å². The van der Waals surface area contributed by atoms with Gasteiger partial charge in [0.1, 0.15) is 12.4 Å². The van der Waals surface area contributed by atoms with Crippen molar-refractivity contribution >= 4 is 5.97 Å². The zero-order chi connectivity index (χ0) is 16.8. The Balaban J connectivity index is 1.66. The summed E-state index contributed by atoms with van der Waals surface area (Å²) in [5.41, 5.74) is 3.91. The molecular formula is C21H18O3. The molecule has 0 spiro atoms. The van der Waals surface area contributed by atoms with E-state index in [4.69, 9.17) is 9.47 Å². The molecule has 3 aromatic rings. The predicted molar refractivity (Wildman–Crippen MR) is 94.0 cm³/mol. The van der Waals surface area contributed by atoms with E-state index >= 15 is 0 Å². The first kappa shape index (κ1) is 15.8. The van der Waals surface area contributed by atoms with Gasteiger partial charge in [0.15, 0.2) is 0 Å². The van der Waals surface area contributed by atoms with Gasteiger partial charge in [-0.3, -0.25) is 0 Å². The Hall–Kier alpha value is -3.07. The van der Waals surface area contributed by atoms with E-state index in [1.807, 2.05) is 36.4 Å². The summed E-state index contributed by atoms with van der Waals surface area (Å²) in [5, 5.41) is 0. The first-order chi connectivity index (χ1) is 11.8. The lowest BCUT2D eigenvalue weighted by Crippen LogP contribution is -2.02. The molecule has 3 nitrogen and oxygen atoms in total. The van der Waals surface area contributed by atoms with E-state index in [1.54, 1.807) is 18.2 Å². The fraction of sp³-hybridized carbons (Fsp3) is 0.0952. The maximum absolute atomic E-state index is 11.5. The topological polar surface area (TPSA) is 35.5 Å². The summed E-state index contributed by atoms with van der Waals surface area (Å²) in [6, 6.07) is 25.5. The van der Waals surface area contributed by atoms with Crippen LogP contribution < -0.4 is 4.74 Å². The molecule has 3 rings (SSSR count). The maximum atomic E-state index is 11.5. The van der Waals surface area contributed by atoms with E-state index in [0.717, 1.165) is 5.56 Å². The van der Waals surface area contributed by atoms with Crippen LogP contribution in [0.15, 0.2) is 78.9 Å². The van der Waals surface area contributed by atoms with Crippen LogP contribution in [0.3, 0.4) is 0 Å². The Morgan fingerprint density at radius 3 is 2.25 bits per heavy atom. The third kappa shape index (κ3) is 3.82. The number of ether oxygens (including phenoxy) is 2. The summed E-state index contributed by atoms with van der Waals surface area (Å²) in [5.74, 6) is 0.276. The number of hydrogen-bond acceptors (Lipinski definition) is 3. The highest BCUT2D eigenvalue weighted by atomic mass is 16.5. The molecular weight excluding hydrogens is 300 g/mol. The van der Waals surface area contributed by atoms with Crippen molar-refractivity contribution < 1.29 is 14.3 Å². The summed E-state index contributed by atoms with van der Waals surface area (Å²) >= 11 is 0. The van der Waals surface area contributed by atoms with E-state index < -0.39 is 0 Å². The van der Waals surface area contributed by atoms with Gasteiger partial charge in [-0.2, -0.15) is 0 Å². The third-order valence-electron chi connectivity index (χ3n) is 3.72. The molecule has 0 atom stereocenters. The summed E-state index contributed by atoms with van der Waals surface area (Å²) in [7, 11) is 1.37. The number of rotatable bonds is 5. The molecule has 0 aliphatic carbocycles. The first-order valence-electron chi connectivity index (χ1n) is 7.72. The molecule has 0 N–H and O–H groups in total. The molecule has 0 saturated carbocycles. The van der Waals surface area contributed by atoms with Gasteiger partial charge in [0.25, 0.3) is 0 Å². The van der Waals surface area contributed by atoms with E-state index in [9.17, 15) is 4.79 Å². The lowest BCUT2D eigenvalue weighted by molar-refractivity contribution is 0.0600. The summed E-state index contributed by atoms with van der Waals surface area (Å²) < 4.78 is 10.5. The van der Waals surface area contributed by atoms with Crippen molar-refractivity contribution in [1.82, 2.24) is 0 Å². The number of hydrogen-bond donors (Lipinski definition) is 0. The van der Waals surface area contributed by atoms with Gasteiger partial charge in [-0.15, -0.1) is 0 Å². The van der Waals surface area contributed by atoms with Crippen LogP contribution in [0.4, 0.5) is 0 Å². The minimum absolute atomic E-state index is 0.368. The van der Waals surface area contributed by atoms with E-state index in [1.165, 1.54) is 18.2 Å². The molecule has 0 aliphatic heterocycles. The summed E-state index contributed by atoms with van der Waals surface area (Å²) in [6.45, 7) is 0.444. The predicted octanol–water partition coefficient (Wildman–Crippen LogP) is 4.72. The molecule has 0 fully saturated rings. The second-order valence-corrected chi connectivity index (χ2v) is 5.37. The van der Waals surface area contributed by atoms with E-state index in [0.29, 0.717) is 17.9 Å². The van der Waals surface area contributed by atoms with Crippen LogP contribution in [0, 0.1) is 0 Å². The highest BCUT2D eigenvalue weighted by molar-refractivity contribution is 5.89.